The summed E-state index contributed by atoms with van der Waals surface area (Å²) in [5, 5.41) is 41.0. The number of aliphatic hydroxyl groups excluding tert-OH is 3. The molecule has 0 saturated carbocycles. The van der Waals surface area contributed by atoms with Crippen molar-refractivity contribution in [2.24, 2.45) is 0 Å². The fraction of sp³-hybridized carbons (Fsp3) is 0.353. The van der Waals surface area contributed by atoms with Crippen LogP contribution in [-0.4, -0.2) is 69.9 Å². The summed E-state index contributed by atoms with van der Waals surface area (Å²) in [7, 11) is 0. The van der Waals surface area contributed by atoms with Gasteiger partial charge in [0.2, 0.25) is 0 Å². The number of aliphatic hydroxyl groups is 3. The van der Waals surface area contributed by atoms with E-state index in [-0.39, 0.29) is 46.1 Å². The number of alkyl halides is 1. The van der Waals surface area contributed by atoms with Crippen LogP contribution in [0.5, 0.6) is 11.5 Å². The average molecular weight is 655 g/mol. The van der Waals surface area contributed by atoms with E-state index in [1.54, 1.807) is 24.4 Å². The maximum Gasteiger partial charge on any atom is 0.143 e. The van der Waals surface area contributed by atoms with Gasteiger partial charge in [0.05, 0.1) is 29.9 Å². The molecule has 0 aliphatic heterocycles. The number of pyridine rings is 1. The summed E-state index contributed by atoms with van der Waals surface area (Å²) in [5.74, 6) is 0.784. The molecule has 11 heteroatoms. The van der Waals surface area contributed by atoms with E-state index >= 15 is 0 Å². The van der Waals surface area contributed by atoms with Gasteiger partial charge in [-0.15, -0.1) is 11.6 Å². The fourth-order valence-corrected chi connectivity index (χ4v) is 5.51. The number of halogens is 2. The van der Waals surface area contributed by atoms with Crippen LogP contribution in [-0.2, 0) is 17.9 Å². The van der Waals surface area contributed by atoms with Crippen molar-refractivity contribution >= 4 is 28.8 Å². The molecule has 3 aromatic rings. The molecular formula is C34H37Cl2N3O6. The SMILES string of the molecule is CC1(Cl)C(c2ccccc2)=CC=CC1(COc1cc(OCc2cncc(C#N)c2)c(CNCC(O)CO)cc1Cl)OCCCO. The molecule has 0 spiro atoms. The lowest BCUT2D eigenvalue weighted by Crippen LogP contribution is -2.55. The predicted octanol–water partition coefficient (Wildman–Crippen LogP) is 4.80. The Morgan fingerprint density at radius 3 is 2.62 bits per heavy atom. The lowest BCUT2D eigenvalue weighted by Gasteiger charge is -2.45. The van der Waals surface area contributed by atoms with Gasteiger partial charge in [0.1, 0.15) is 41.3 Å². The first-order valence-corrected chi connectivity index (χ1v) is 15.3. The highest BCUT2D eigenvalue weighted by Crippen LogP contribution is 2.47. The minimum absolute atomic E-state index is 0.00726. The van der Waals surface area contributed by atoms with E-state index < -0.39 is 16.6 Å². The number of allylic oxidation sites excluding steroid dienone is 2. The van der Waals surface area contributed by atoms with Crippen LogP contribution in [0.15, 0.2) is 79.2 Å². The molecule has 4 N–H and O–H groups in total. The van der Waals surface area contributed by atoms with E-state index in [0.29, 0.717) is 39.6 Å². The molecule has 2 aromatic carbocycles. The van der Waals surface area contributed by atoms with Crippen LogP contribution < -0.4 is 14.8 Å². The molecule has 238 valence electrons. The Hall–Kier alpha value is -3.46. The number of rotatable bonds is 16. The van der Waals surface area contributed by atoms with Gasteiger partial charge in [0.25, 0.3) is 0 Å². The fourth-order valence-electron chi connectivity index (χ4n) is 4.92. The molecule has 1 aliphatic carbocycles. The smallest absolute Gasteiger partial charge is 0.143 e. The Morgan fingerprint density at radius 2 is 1.89 bits per heavy atom. The summed E-state index contributed by atoms with van der Waals surface area (Å²) in [5.41, 5.74) is 2.47. The Bertz CT molecular complexity index is 1530. The third kappa shape index (κ3) is 8.63. The van der Waals surface area contributed by atoms with Crippen LogP contribution >= 0.6 is 23.2 Å². The van der Waals surface area contributed by atoms with Crippen molar-refractivity contribution in [1.29, 1.82) is 5.26 Å². The summed E-state index contributed by atoms with van der Waals surface area (Å²) < 4.78 is 18.9. The maximum absolute atomic E-state index is 9.77. The number of hydrogen-bond acceptors (Lipinski definition) is 9. The van der Waals surface area contributed by atoms with Crippen molar-refractivity contribution in [2.45, 2.75) is 43.1 Å². The number of nitriles is 1. The summed E-state index contributed by atoms with van der Waals surface area (Å²) in [6.45, 7) is 2.28. The Kier molecular flexibility index (Phi) is 12.4. The van der Waals surface area contributed by atoms with Gasteiger partial charge in [0, 0.05) is 49.3 Å². The van der Waals surface area contributed by atoms with E-state index in [1.807, 2.05) is 55.5 Å². The summed E-state index contributed by atoms with van der Waals surface area (Å²) >= 11 is 14.1. The number of benzene rings is 2. The number of nitrogens with one attached hydrogen (secondary N) is 1. The van der Waals surface area contributed by atoms with Gasteiger partial charge in [-0.2, -0.15) is 5.26 Å². The van der Waals surface area contributed by atoms with E-state index in [4.69, 9.17) is 37.4 Å². The van der Waals surface area contributed by atoms with Crippen LogP contribution in [0, 0.1) is 11.3 Å². The van der Waals surface area contributed by atoms with Crippen LogP contribution in [0.25, 0.3) is 5.57 Å². The van der Waals surface area contributed by atoms with Gasteiger partial charge in [-0.3, -0.25) is 4.98 Å². The van der Waals surface area contributed by atoms with Gasteiger partial charge < -0.3 is 34.8 Å². The normalized spacial score (nSPS) is 19.9. The molecule has 1 aliphatic rings. The molecule has 9 nitrogen and oxygen atoms in total. The molecule has 1 aromatic heterocycles. The molecule has 4 rings (SSSR count). The predicted molar refractivity (Wildman–Crippen MR) is 173 cm³/mol. The monoisotopic (exact) mass is 653 g/mol. The number of aromatic nitrogens is 1. The van der Waals surface area contributed by atoms with Crippen LogP contribution in [0.1, 0.15) is 35.6 Å². The molecule has 3 atom stereocenters. The molecular weight excluding hydrogens is 617 g/mol. The van der Waals surface area contributed by atoms with Crippen LogP contribution in [0.2, 0.25) is 5.02 Å². The van der Waals surface area contributed by atoms with E-state index in [1.165, 1.54) is 6.20 Å². The zero-order valence-electron chi connectivity index (χ0n) is 25.0. The molecule has 45 heavy (non-hydrogen) atoms. The third-order valence-electron chi connectivity index (χ3n) is 7.46. The Balaban J connectivity index is 1.62. The highest BCUT2D eigenvalue weighted by atomic mass is 35.5. The molecule has 1 heterocycles. The Labute approximate surface area is 273 Å². The Morgan fingerprint density at radius 1 is 1.09 bits per heavy atom. The molecule has 0 radical (unpaired) electrons. The van der Waals surface area contributed by atoms with E-state index in [9.17, 15) is 20.6 Å². The zero-order valence-corrected chi connectivity index (χ0v) is 26.5. The first-order valence-electron chi connectivity index (χ1n) is 14.5. The van der Waals surface area contributed by atoms with Gasteiger partial charge in [-0.05, 0) is 42.7 Å². The second-order valence-electron chi connectivity index (χ2n) is 10.8. The zero-order chi connectivity index (χ0) is 32.3. The molecule has 0 saturated heterocycles. The summed E-state index contributed by atoms with van der Waals surface area (Å²) in [6.07, 6.45) is 8.31. The molecule has 3 unspecified atom stereocenters. The van der Waals surface area contributed by atoms with Gasteiger partial charge in [-0.1, -0.05) is 54.1 Å². The average Bonchev–Trinajstić information content (AvgIpc) is 3.05. The van der Waals surface area contributed by atoms with Gasteiger partial charge >= 0.3 is 0 Å². The first kappa shape index (κ1) is 34.4. The summed E-state index contributed by atoms with van der Waals surface area (Å²) in [4.78, 5) is 3.04. The quantitative estimate of drug-likeness (QED) is 0.127. The maximum atomic E-state index is 9.77. The summed E-state index contributed by atoms with van der Waals surface area (Å²) in [6, 6.07) is 17.0. The van der Waals surface area contributed by atoms with Gasteiger partial charge in [0.15, 0.2) is 0 Å². The number of hydrogen-bond donors (Lipinski definition) is 4. The van der Waals surface area contributed by atoms with E-state index in [2.05, 4.69) is 16.4 Å². The highest BCUT2D eigenvalue weighted by molar-refractivity contribution is 6.32. The van der Waals surface area contributed by atoms with Crippen molar-refractivity contribution in [3.63, 3.8) is 0 Å². The number of nitrogens with zero attached hydrogens (tertiary/aromatic N) is 2. The molecule has 0 bridgehead atoms. The van der Waals surface area contributed by atoms with Gasteiger partial charge in [-0.25, -0.2) is 0 Å². The number of ether oxygens (including phenoxy) is 3. The topological polar surface area (TPSA) is 137 Å². The lowest BCUT2D eigenvalue weighted by atomic mass is 9.76. The molecule has 0 amide bonds. The standard InChI is InChI=1S/C34H37Cl2N3O6/c1-33(36)29(26-7-3-2-4-8-26)9-5-10-34(33,45-12-6-11-40)23-44-32-15-31(43-22-25-13-24(16-37)17-38-18-25)27(14-30(32)35)19-39-20-28(42)21-41/h2-5,7-10,13-15,17-18,28,39-42H,6,11-12,19-23H2,1H3. The third-order valence-corrected chi connectivity index (χ3v) is 8.28. The lowest BCUT2D eigenvalue weighted by molar-refractivity contribution is -0.0553. The molecule has 0 fully saturated rings. The van der Waals surface area contributed by atoms with Crippen molar-refractivity contribution in [3.8, 4) is 17.6 Å². The van der Waals surface area contributed by atoms with Crippen molar-refractivity contribution in [1.82, 2.24) is 10.3 Å². The van der Waals surface area contributed by atoms with Crippen molar-refractivity contribution in [3.05, 3.63) is 106 Å². The highest BCUT2D eigenvalue weighted by Gasteiger charge is 2.51. The van der Waals surface area contributed by atoms with Crippen LogP contribution in [0.3, 0.4) is 0 Å². The largest absolute Gasteiger partial charge is 0.488 e. The van der Waals surface area contributed by atoms with Crippen molar-refractivity contribution in [2.75, 3.05) is 33.0 Å². The second kappa shape index (κ2) is 16.2. The van der Waals surface area contributed by atoms with Crippen molar-refractivity contribution < 1.29 is 29.5 Å². The first-order chi connectivity index (χ1) is 21.7. The minimum Gasteiger partial charge on any atom is -0.488 e. The van der Waals surface area contributed by atoms with E-state index in [0.717, 1.165) is 11.1 Å². The van der Waals surface area contributed by atoms with Crippen LogP contribution in [0.4, 0.5) is 0 Å². The minimum atomic E-state index is -1.13. The second-order valence-corrected chi connectivity index (χ2v) is 11.9.